The molecule has 1 heterocycles. The molecule has 0 fully saturated rings. The van der Waals surface area contributed by atoms with Gasteiger partial charge in [0.15, 0.2) is 5.75 Å². The summed E-state index contributed by atoms with van der Waals surface area (Å²) in [6.45, 7) is 2.73. The average Bonchev–Trinajstić information content (AvgIpc) is 2.61. The van der Waals surface area contributed by atoms with Crippen molar-refractivity contribution in [2.24, 2.45) is 0 Å². The summed E-state index contributed by atoms with van der Waals surface area (Å²) in [4.78, 5) is 25.2. The van der Waals surface area contributed by atoms with Crippen LogP contribution in [0.4, 0.5) is 11.4 Å². The molecule has 0 aliphatic carbocycles. The summed E-state index contributed by atoms with van der Waals surface area (Å²) in [6.07, 6.45) is 0.862. The first kappa shape index (κ1) is 16.0. The van der Waals surface area contributed by atoms with E-state index in [1.54, 1.807) is 11.0 Å². The molecule has 0 saturated heterocycles. The quantitative estimate of drug-likeness (QED) is 0.636. The molecule has 2 aromatic rings. The number of nitro groups is 1. The molecule has 2 aromatic carbocycles. The molecule has 3 rings (SSSR count). The molecular formula is C18H18N2O4. The summed E-state index contributed by atoms with van der Waals surface area (Å²) in [5.74, 6) is 0.291. The van der Waals surface area contributed by atoms with Crippen LogP contribution in [-0.2, 0) is 0 Å². The summed E-state index contributed by atoms with van der Waals surface area (Å²) >= 11 is 0. The lowest BCUT2D eigenvalue weighted by Gasteiger charge is -2.33. The highest BCUT2D eigenvalue weighted by molar-refractivity contribution is 6.07. The molecule has 0 saturated carbocycles. The van der Waals surface area contributed by atoms with Gasteiger partial charge in [-0.1, -0.05) is 25.1 Å². The summed E-state index contributed by atoms with van der Waals surface area (Å²) in [5, 5.41) is 11.2. The molecule has 1 aliphatic heterocycles. The molecular weight excluding hydrogens is 308 g/mol. The average molecular weight is 326 g/mol. The Morgan fingerprint density at radius 1 is 1.29 bits per heavy atom. The Hall–Kier alpha value is -2.89. The molecule has 1 aliphatic rings. The predicted molar refractivity (Wildman–Crippen MR) is 90.8 cm³/mol. The van der Waals surface area contributed by atoms with Gasteiger partial charge in [-0.05, 0) is 36.1 Å². The maximum atomic E-state index is 12.9. The Bertz CT molecular complexity index is 803. The number of nitrogens with zero attached hydrogens (tertiary/aromatic N) is 2. The van der Waals surface area contributed by atoms with Gasteiger partial charge in [-0.15, -0.1) is 0 Å². The van der Waals surface area contributed by atoms with Gasteiger partial charge in [-0.25, -0.2) is 0 Å². The third kappa shape index (κ3) is 2.71. The lowest BCUT2D eigenvalue weighted by atomic mass is 9.91. The van der Waals surface area contributed by atoms with Crippen molar-refractivity contribution in [3.8, 4) is 5.75 Å². The van der Waals surface area contributed by atoms with E-state index in [-0.39, 0.29) is 22.9 Å². The Kier molecular flexibility index (Phi) is 4.20. The molecule has 0 N–H and O–H groups in total. The van der Waals surface area contributed by atoms with Crippen LogP contribution in [0.5, 0.6) is 5.75 Å². The van der Waals surface area contributed by atoms with Gasteiger partial charge in [0.05, 0.1) is 12.0 Å². The first-order valence-corrected chi connectivity index (χ1v) is 7.76. The molecule has 6 nitrogen and oxygen atoms in total. The molecule has 1 atom stereocenters. The second-order valence-corrected chi connectivity index (χ2v) is 5.85. The minimum Gasteiger partial charge on any atom is -0.490 e. The van der Waals surface area contributed by atoms with E-state index < -0.39 is 4.92 Å². The largest absolute Gasteiger partial charge is 0.490 e. The molecule has 0 radical (unpaired) electrons. The van der Waals surface area contributed by atoms with Crippen molar-refractivity contribution in [1.29, 1.82) is 0 Å². The minimum absolute atomic E-state index is 0.143. The summed E-state index contributed by atoms with van der Waals surface area (Å²) in [5.41, 5.74) is 2.08. The van der Waals surface area contributed by atoms with Crippen molar-refractivity contribution in [3.05, 3.63) is 63.7 Å². The van der Waals surface area contributed by atoms with Crippen LogP contribution in [0, 0.1) is 10.1 Å². The number of hydrogen-bond donors (Lipinski definition) is 0. The Balaban J connectivity index is 2.00. The van der Waals surface area contributed by atoms with Crippen molar-refractivity contribution < 1.29 is 14.5 Å². The second-order valence-electron chi connectivity index (χ2n) is 5.85. The standard InChI is InChI=1S/C18H18N2O4/c1-12-9-10-19(15-6-4-3-5-14(12)15)18(21)13-7-8-17(24-2)16(11-13)20(22)23/h3-8,11-12H,9-10H2,1-2H3. The van der Waals surface area contributed by atoms with Crippen LogP contribution in [0.1, 0.15) is 35.2 Å². The zero-order valence-electron chi connectivity index (χ0n) is 13.6. The summed E-state index contributed by atoms with van der Waals surface area (Å²) in [6, 6.07) is 12.1. The molecule has 1 unspecified atom stereocenters. The number of ether oxygens (including phenoxy) is 1. The lowest BCUT2D eigenvalue weighted by molar-refractivity contribution is -0.385. The van der Waals surface area contributed by atoms with Crippen LogP contribution >= 0.6 is 0 Å². The SMILES string of the molecule is COc1ccc(C(=O)N2CCC(C)c3ccccc32)cc1[N+](=O)[O-]. The van der Waals surface area contributed by atoms with E-state index in [9.17, 15) is 14.9 Å². The van der Waals surface area contributed by atoms with Gasteiger partial charge in [0.2, 0.25) is 0 Å². The molecule has 1 amide bonds. The van der Waals surface area contributed by atoms with Crippen LogP contribution in [0.15, 0.2) is 42.5 Å². The van der Waals surface area contributed by atoms with E-state index in [2.05, 4.69) is 6.92 Å². The number of rotatable bonds is 3. The number of nitro benzene ring substituents is 1. The number of anilines is 1. The van der Waals surface area contributed by atoms with Crippen LogP contribution < -0.4 is 9.64 Å². The topological polar surface area (TPSA) is 72.7 Å². The number of benzene rings is 2. The highest BCUT2D eigenvalue weighted by atomic mass is 16.6. The fourth-order valence-corrected chi connectivity index (χ4v) is 3.08. The molecule has 6 heteroatoms. The molecule has 24 heavy (non-hydrogen) atoms. The monoisotopic (exact) mass is 326 g/mol. The van der Waals surface area contributed by atoms with Gasteiger partial charge < -0.3 is 9.64 Å². The maximum absolute atomic E-state index is 12.9. The van der Waals surface area contributed by atoms with E-state index in [1.807, 2.05) is 24.3 Å². The number of carbonyl (C=O) groups is 1. The normalized spacial score (nSPS) is 16.4. The van der Waals surface area contributed by atoms with Crippen molar-refractivity contribution >= 4 is 17.3 Å². The third-order valence-electron chi connectivity index (χ3n) is 4.41. The Morgan fingerprint density at radius 3 is 2.75 bits per heavy atom. The number of carbonyl (C=O) groups excluding carboxylic acids is 1. The van der Waals surface area contributed by atoms with Crippen LogP contribution in [0.25, 0.3) is 0 Å². The molecule has 124 valence electrons. The van der Waals surface area contributed by atoms with Crippen molar-refractivity contribution in [1.82, 2.24) is 0 Å². The maximum Gasteiger partial charge on any atom is 0.311 e. The van der Waals surface area contributed by atoms with E-state index in [4.69, 9.17) is 4.74 Å². The number of fused-ring (bicyclic) bond motifs is 1. The second kappa shape index (κ2) is 6.31. The van der Waals surface area contributed by atoms with E-state index in [0.717, 1.165) is 17.7 Å². The zero-order valence-corrected chi connectivity index (χ0v) is 13.6. The molecule has 0 spiro atoms. The van der Waals surface area contributed by atoms with E-state index in [0.29, 0.717) is 12.5 Å². The number of para-hydroxylation sites is 1. The highest BCUT2D eigenvalue weighted by Gasteiger charge is 2.28. The molecule has 0 aromatic heterocycles. The molecule has 0 bridgehead atoms. The van der Waals surface area contributed by atoms with Gasteiger partial charge in [-0.2, -0.15) is 0 Å². The van der Waals surface area contributed by atoms with Gasteiger partial charge in [-0.3, -0.25) is 14.9 Å². The van der Waals surface area contributed by atoms with Gasteiger partial charge >= 0.3 is 5.69 Å². The van der Waals surface area contributed by atoms with Crippen molar-refractivity contribution in [2.75, 3.05) is 18.6 Å². The minimum atomic E-state index is -0.540. The van der Waals surface area contributed by atoms with Crippen LogP contribution in [0.2, 0.25) is 0 Å². The fourth-order valence-electron chi connectivity index (χ4n) is 3.08. The van der Waals surface area contributed by atoms with Crippen molar-refractivity contribution in [2.45, 2.75) is 19.3 Å². The number of hydrogen-bond acceptors (Lipinski definition) is 4. The summed E-state index contributed by atoms with van der Waals surface area (Å²) < 4.78 is 4.99. The van der Waals surface area contributed by atoms with E-state index in [1.165, 1.54) is 19.2 Å². The first-order valence-electron chi connectivity index (χ1n) is 7.76. The number of amides is 1. The van der Waals surface area contributed by atoms with Crippen LogP contribution in [-0.4, -0.2) is 24.5 Å². The predicted octanol–water partition coefficient (Wildman–Crippen LogP) is 3.76. The zero-order chi connectivity index (χ0) is 17.3. The Labute approximate surface area is 139 Å². The third-order valence-corrected chi connectivity index (χ3v) is 4.41. The number of methoxy groups -OCH3 is 1. The van der Waals surface area contributed by atoms with Gasteiger partial charge in [0, 0.05) is 23.9 Å². The van der Waals surface area contributed by atoms with Crippen molar-refractivity contribution in [3.63, 3.8) is 0 Å². The first-order chi connectivity index (χ1) is 11.5. The lowest BCUT2D eigenvalue weighted by Crippen LogP contribution is -2.36. The highest BCUT2D eigenvalue weighted by Crippen LogP contribution is 2.36. The summed E-state index contributed by atoms with van der Waals surface area (Å²) in [7, 11) is 1.37. The smallest absolute Gasteiger partial charge is 0.311 e. The Morgan fingerprint density at radius 2 is 2.04 bits per heavy atom. The van der Waals surface area contributed by atoms with Gasteiger partial charge in [0.25, 0.3) is 5.91 Å². The van der Waals surface area contributed by atoms with Gasteiger partial charge in [0.1, 0.15) is 0 Å². The van der Waals surface area contributed by atoms with Crippen LogP contribution in [0.3, 0.4) is 0 Å². The fraction of sp³-hybridized carbons (Fsp3) is 0.278. The van der Waals surface area contributed by atoms with E-state index >= 15 is 0 Å².